The van der Waals surface area contributed by atoms with Gasteiger partial charge in [0.25, 0.3) is 0 Å². The Hall–Kier alpha value is -3.47. The summed E-state index contributed by atoms with van der Waals surface area (Å²) >= 11 is 0. The summed E-state index contributed by atoms with van der Waals surface area (Å²) in [6.45, 7) is 0.360. The Balaban J connectivity index is 1.52. The lowest BCUT2D eigenvalue weighted by atomic mass is 9.92. The van der Waals surface area contributed by atoms with Gasteiger partial charge in [-0.1, -0.05) is 36.4 Å². The molecule has 1 saturated carbocycles. The number of hydrogen-bond donors (Lipinski definition) is 1. The molecular formula is C23H18N2O3. The quantitative estimate of drug-likeness (QED) is 0.759. The van der Waals surface area contributed by atoms with Gasteiger partial charge in [0.1, 0.15) is 0 Å². The molecule has 1 aliphatic carbocycles. The standard InChI is InChI=1S/C23H18N2O3/c26-21(27)16-6-3-5-15(11-16)14-25-20-9-2-1-8-18(20)23(22(25)28)12-19(23)17-7-4-10-24-13-17/h1-11,13,19H,12,14H2,(H,26,27)/t19-,23-/m0/s1. The van der Waals surface area contributed by atoms with Crippen molar-refractivity contribution < 1.29 is 14.7 Å². The summed E-state index contributed by atoms with van der Waals surface area (Å²) in [5, 5.41) is 9.25. The maximum atomic E-state index is 13.5. The van der Waals surface area contributed by atoms with Gasteiger partial charge >= 0.3 is 5.97 Å². The number of aromatic carboxylic acids is 1. The minimum absolute atomic E-state index is 0.0864. The van der Waals surface area contributed by atoms with Gasteiger partial charge in [-0.15, -0.1) is 0 Å². The zero-order valence-electron chi connectivity index (χ0n) is 15.1. The van der Waals surface area contributed by atoms with Crippen molar-refractivity contribution in [3.63, 3.8) is 0 Å². The molecule has 1 fully saturated rings. The number of carboxylic acid groups (broad SMARTS) is 1. The summed E-state index contributed by atoms with van der Waals surface area (Å²) in [6.07, 6.45) is 4.36. The Morgan fingerprint density at radius 3 is 2.79 bits per heavy atom. The van der Waals surface area contributed by atoms with E-state index in [2.05, 4.69) is 4.98 Å². The maximum absolute atomic E-state index is 13.5. The molecule has 0 bridgehead atoms. The number of carboxylic acids is 1. The van der Waals surface area contributed by atoms with E-state index < -0.39 is 11.4 Å². The molecule has 0 radical (unpaired) electrons. The second-order valence-electron chi connectivity index (χ2n) is 7.43. The summed E-state index contributed by atoms with van der Waals surface area (Å²) in [4.78, 5) is 30.8. The molecule has 28 heavy (non-hydrogen) atoms. The number of hydrogen-bond acceptors (Lipinski definition) is 3. The van der Waals surface area contributed by atoms with E-state index in [1.54, 1.807) is 29.3 Å². The van der Waals surface area contributed by atoms with Gasteiger partial charge in [0, 0.05) is 24.0 Å². The van der Waals surface area contributed by atoms with Crippen LogP contribution in [0.3, 0.4) is 0 Å². The summed E-state index contributed by atoms with van der Waals surface area (Å²) < 4.78 is 0. The van der Waals surface area contributed by atoms with Crippen molar-refractivity contribution in [3.8, 4) is 0 Å². The van der Waals surface area contributed by atoms with Gasteiger partial charge in [0.2, 0.25) is 5.91 Å². The topological polar surface area (TPSA) is 70.5 Å². The Kier molecular flexibility index (Phi) is 3.59. The van der Waals surface area contributed by atoms with E-state index in [0.29, 0.717) is 6.54 Å². The number of benzene rings is 2. The van der Waals surface area contributed by atoms with Crippen LogP contribution in [-0.4, -0.2) is 22.0 Å². The van der Waals surface area contributed by atoms with Crippen molar-refractivity contribution in [2.24, 2.45) is 0 Å². The van der Waals surface area contributed by atoms with Gasteiger partial charge in [-0.05, 0) is 47.4 Å². The molecule has 1 aliphatic heterocycles. The summed E-state index contributed by atoms with van der Waals surface area (Å²) in [7, 11) is 0. The van der Waals surface area contributed by atoms with Crippen LogP contribution in [-0.2, 0) is 16.8 Å². The van der Waals surface area contributed by atoms with Crippen molar-refractivity contribution in [1.82, 2.24) is 4.98 Å². The average Bonchev–Trinajstić information content (AvgIpc) is 3.44. The van der Waals surface area contributed by atoms with Gasteiger partial charge < -0.3 is 10.0 Å². The third-order valence-electron chi connectivity index (χ3n) is 5.86. The Bertz CT molecular complexity index is 1100. The van der Waals surface area contributed by atoms with Crippen LogP contribution in [0, 0.1) is 0 Å². The fourth-order valence-corrected chi connectivity index (χ4v) is 4.48. The molecule has 5 rings (SSSR count). The van der Waals surface area contributed by atoms with E-state index in [1.165, 1.54) is 0 Å². The summed E-state index contributed by atoms with van der Waals surface area (Å²) in [6, 6.07) is 18.6. The van der Waals surface area contributed by atoms with Gasteiger partial charge in [-0.25, -0.2) is 4.79 Å². The average molecular weight is 370 g/mol. The highest BCUT2D eigenvalue weighted by atomic mass is 16.4. The molecule has 1 N–H and O–H groups in total. The van der Waals surface area contributed by atoms with Crippen LogP contribution in [0.5, 0.6) is 0 Å². The first-order valence-electron chi connectivity index (χ1n) is 9.25. The van der Waals surface area contributed by atoms with E-state index in [9.17, 15) is 14.7 Å². The number of rotatable bonds is 4. The van der Waals surface area contributed by atoms with Gasteiger partial charge in [0.05, 0.1) is 17.5 Å². The number of carbonyl (C=O) groups excluding carboxylic acids is 1. The number of para-hydroxylation sites is 1. The van der Waals surface area contributed by atoms with E-state index >= 15 is 0 Å². The SMILES string of the molecule is O=C(O)c1cccc(CN2C(=O)[C@@]3(C[C@H]3c3cccnc3)c3ccccc32)c1. The normalized spacial score (nSPS) is 22.4. The number of pyridine rings is 1. The highest BCUT2D eigenvalue weighted by Gasteiger charge is 2.67. The Labute approximate surface area is 162 Å². The number of carbonyl (C=O) groups is 2. The Morgan fingerprint density at radius 2 is 2.00 bits per heavy atom. The largest absolute Gasteiger partial charge is 0.478 e. The predicted molar refractivity (Wildman–Crippen MR) is 104 cm³/mol. The minimum atomic E-state index is -0.967. The zero-order chi connectivity index (χ0) is 19.3. The first-order valence-corrected chi connectivity index (χ1v) is 9.25. The Morgan fingerprint density at radius 1 is 1.14 bits per heavy atom. The molecule has 2 heterocycles. The number of fused-ring (bicyclic) bond motifs is 2. The van der Waals surface area contributed by atoms with Crippen molar-refractivity contribution in [2.45, 2.75) is 24.3 Å². The molecule has 0 unspecified atom stereocenters. The van der Waals surface area contributed by atoms with E-state index in [0.717, 1.165) is 28.8 Å². The molecule has 2 atom stereocenters. The number of nitrogens with zero attached hydrogens (tertiary/aromatic N) is 2. The van der Waals surface area contributed by atoms with Crippen LogP contribution in [0.1, 0.15) is 39.4 Å². The van der Waals surface area contributed by atoms with Crippen LogP contribution in [0.25, 0.3) is 0 Å². The monoisotopic (exact) mass is 370 g/mol. The molecule has 2 aliphatic rings. The molecule has 1 spiro atoms. The van der Waals surface area contributed by atoms with Crippen molar-refractivity contribution in [3.05, 3.63) is 95.3 Å². The number of amides is 1. The van der Waals surface area contributed by atoms with E-state index in [4.69, 9.17) is 0 Å². The van der Waals surface area contributed by atoms with Crippen LogP contribution >= 0.6 is 0 Å². The highest BCUT2D eigenvalue weighted by Crippen LogP contribution is 2.66. The minimum Gasteiger partial charge on any atom is -0.478 e. The number of aromatic nitrogens is 1. The fourth-order valence-electron chi connectivity index (χ4n) is 4.48. The number of anilines is 1. The molecule has 1 aromatic heterocycles. The van der Waals surface area contributed by atoms with E-state index in [1.807, 2.05) is 48.7 Å². The molecule has 3 aromatic rings. The van der Waals surface area contributed by atoms with E-state index in [-0.39, 0.29) is 17.4 Å². The smallest absolute Gasteiger partial charge is 0.335 e. The lowest BCUT2D eigenvalue weighted by Crippen LogP contribution is -2.32. The van der Waals surface area contributed by atoms with Crippen molar-refractivity contribution in [1.29, 1.82) is 0 Å². The first kappa shape index (κ1) is 16.7. The second kappa shape index (κ2) is 6.02. The van der Waals surface area contributed by atoms with Crippen LogP contribution in [0.2, 0.25) is 0 Å². The second-order valence-corrected chi connectivity index (χ2v) is 7.43. The molecule has 5 nitrogen and oxygen atoms in total. The molecule has 5 heteroatoms. The summed E-state index contributed by atoms with van der Waals surface area (Å²) in [5.41, 5.74) is 3.57. The predicted octanol–water partition coefficient (Wildman–Crippen LogP) is 3.75. The van der Waals surface area contributed by atoms with Gasteiger partial charge in [-0.3, -0.25) is 9.78 Å². The lowest BCUT2D eigenvalue weighted by Gasteiger charge is -2.18. The lowest BCUT2D eigenvalue weighted by molar-refractivity contribution is -0.120. The maximum Gasteiger partial charge on any atom is 0.335 e. The van der Waals surface area contributed by atoms with Gasteiger partial charge in [0.15, 0.2) is 0 Å². The summed E-state index contributed by atoms with van der Waals surface area (Å²) in [5.74, 6) is -0.751. The third-order valence-corrected chi connectivity index (χ3v) is 5.86. The van der Waals surface area contributed by atoms with Crippen molar-refractivity contribution >= 4 is 17.6 Å². The molecule has 1 amide bonds. The molecule has 2 aromatic carbocycles. The van der Waals surface area contributed by atoms with Crippen LogP contribution < -0.4 is 4.90 Å². The zero-order valence-corrected chi connectivity index (χ0v) is 15.1. The fraction of sp³-hybridized carbons (Fsp3) is 0.174. The molecule has 138 valence electrons. The third kappa shape index (κ3) is 2.36. The van der Waals surface area contributed by atoms with Gasteiger partial charge in [-0.2, -0.15) is 0 Å². The molecular weight excluding hydrogens is 352 g/mol. The van der Waals surface area contributed by atoms with Crippen molar-refractivity contribution in [2.75, 3.05) is 4.90 Å². The molecule has 0 saturated heterocycles. The highest BCUT2D eigenvalue weighted by molar-refractivity contribution is 6.11. The van der Waals surface area contributed by atoms with Crippen LogP contribution in [0.15, 0.2) is 73.1 Å². The van der Waals surface area contributed by atoms with Crippen LogP contribution in [0.4, 0.5) is 5.69 Å². The first-order chi connectivity index (χ1) is 13.6.